The number of nitrogens with one attached hydrogen (secondary N) is 1. The van der Waals surface area contributed by atoms with Crippen LogP contribution in [-0.4, -0.2) is 5.71 Å². The standard InChI is InChI=1S/C9H10N2S/c1-6-5-7(2)10-11-9-8(6)3-4-12-9/h3-5,11H,1-2H3. The van der Waals surface area contributed by atoms with Gasteiger partial charge in [-0.15, -0.1) is 11.3 Å². The molecular weight excluding hydrogens is 168 g/mol. The number of rotatable bonds is 0. The molecule has 0 unspecified atom stereocenters. The van der Waals surface area contributed by atoms with Crippen LogP contribution in [0, 0.1) is 0 Å². The number of allylic oxidation sites excluding steroid dienone is 2. The van der Waals surface area contributed by atoms with Gasteiger partial charge in [-0.1, -0.05) is 0 Å². The SMILES string of the molecule is CC1=CC(C)=NNc2sccc21. The number of hydrogen-bond donors (Lipinski definition) is 1. The second-order valence-corrected chi connectivity index (χ2v) is 3.77. The predicted octanol–water partition coefficient (Wildman–Crippen LogP) is 2.95. The molecule has 0 atom stereocenters. The molecule has 1 N–H and O–H groups in total. The molecule has 1 aliphatic heterocycles. The molecule has 0 aromatic carbocycles. The van der Waals surface area contributed by atoms with Crippen molar-refractivity contribution in [3.05, 3.63) is 23.1 Å². The highest BCUT2D eigenvalue weighted by Crippen LogP contribution is 2.30. The van der Waals surface area contributed by atoms with Gasteiger partial charge in [0.15, 0.2) is 0 Å². The molecule has 0 amide bonds. The summed E-state index contributed by atoms with van der Waals surface area (Å²) in [6.45, 7) is 4.10. The van der Waals surface area contributed by atoms with E-state index in [1.165, 1.54) is 11.1 Å². The Morgan fingerprint density at radius 3 is 3.08 bits per heavy atom. The molecule has 1 aliphatic rings. The summed E-state index contributed by atoms with van der Waals surface area (Å²) in [6.07, 6.45) is 2.09. The number of fused-ring (bicyclic) bond motifs is 1. The summed E-state index contributed by atoms with van der Waals surface area (Å²) in [6, 6.07) is 2.12. The van der Waals surface area contributed by atoms with Crippen molar-refractivity contribution in [3.8, 4) is 0 Å². The van der Waals surface area contributed by atoms with Gasteiger partial charge in [-0.05, 0) is 36.9 Å². The Balaban J connectivity index is 2.54. The second kappa shape index (κ2) is 2.75. The average Bonchev–Trinajstić information content (AvgIpc) is 2.43. The molecule has 0 bridgehead atoms. The molecule has 0 radical (unpaired) electrons. The largest absolute Gasteiger partial charge is 0.268 e. The van der Waals surface area contributed by atoms with Crippen molar-refractivity contribution in [3.63, 3.8) is 0 Å². The fourth-order valence-electron chi connectivity index (χ4n) is 1.27. The van der Waals surface area contributed by atoms with Crippen molar-refractivity contribution in [2.75, 3.05) is 5.43 Å². The molecule has 0 fully saturated rings. The first kappa shape index (κ1) is 7.55. The zero-order valence-electron chi connectivity index (χ0n) is 7.09. The van der Waals surface area contributed by atoms with Crippen molar-refractivity contribution < 1.29 is 0 Å². The molecule has 1 aromatic rings. The van der Waals surface area contributed by atoms with Crippen molar-refractivity contribution in [2.24, 2.45) is 5.10 Å². The lowest BCUT2D eigenvalue weighted by molar-refractivity contribution is 1.36. The van der Waals surface area contributed by atoms with Gasteiger partial charge in [-0.3, -0.25) is 5.43 Å². The minimum atomic E-state index is 1.02. The smallest absolute Gasteiger partial charge is 0.116 e. The second-order valence-electron chi connectivity index (χ2n) is 2.86. The quantitative estimate of drug-likeness (QED) is 0.649. The third-order valence-corrected chi connectivity index (χ3v) is 2.67. The van der Waals surface area contributed by atoms with E-state index in [9.17, 15) is 0 Å². The minimum absolute atomic E-state index is 1.02. The molecule has 2 heterocycles. The van der Waals surface area contributed by atoms with E-state index >= 15 is 0 Å². The minimum Gasteiger partial charge on any atom is -0.268 e. The van der Waals surface area contributed by atoms with Crippen molar-refractivity contribution in [2.45, 2.75) is 13.8 Å². The van der Waals surface area contributed by atoms with Gasteiger partial charge in [0.05, 0.1) is 5.71 Å². The summed E-state index contributed by atoms with van der Waals surface area (Å²) >= 11 is 1.69. The van der Waals surface area contributed by atoms with Crippen LogP contribution >= 0.6 is 11.3 Å². The van der Waals surface area contributed by atoms with Crippen LogP contribution in [-0.2, 0) is 0 Å². The third kappa shape index (κ3) is 1.16. The lowest BCUT2D eigenvalue weighted by Crippen LogP contribution is -1.89. The predicted molar refractivity (Wildman–Crippen MR) is 54.7 cm³/mol. The normalized spacial score (nSPS) is 15.5. The summed E-state index contributed by atoms with van der Waals surface area (Å²) in [5.41, 5.74) is 6.60. The van der Waals surface area contributed by atoms with Crippen molar-refractivity contribution in [1.29, 1.82) is 0 Å². The monoisotopic (exact) mass is 178 g/mol. The van der Waals surface area contributed by atoms with Gasteiger partial charge >= 0.3 is 0 Å². The molecule has 0 saturated carbocycles. The summed E-state index contributed by atoms with van der Waals surface area (Å²) in [5.74, 6) is 0. The summed E-state index contributed by atoms with van der Waals surface area (Å²) in [5, 5.41) is 7.40. The van der Waals surface area contributed by atoms with Gasteiger partial charge in [-0.25, -0.2) is 0 Å². The van der Waals surface area contributed by atoms with Crippen LogP contribution in [0.4, 0.5) is 5.00 Å². The maximum absolute atomic E-state index is 4.19. The molecule has 12 heavy (non-hydrogen) atoms. The number of nitrogens with zero attached hydrogens (tertiary/aromatic N) is 1. The molecule has 0 saturated heterocycles. The highest BCUT2D eigenvalue weighted by molar-refractivity contribution is 7.14. The first-order valence-electron chi connectivity index (χ1n) is 3.84. The summed E-state index contributed by atoms with van der Waals surface area (Å²) in [4.78, 5) is 0. The van der Waals surface area contributed by atoms with E-state index in [0.29, 0.717) is 0 Å². The van der Waals surface area contributed by atoms with Gasteiger partial charge in [0.25, 0.3) is 0 Å². The van der Waals surface area contributed by atoms with Crippen LogP contribution in [0.25, 0.3) is 5.57 Å². The Morgan fingerprint density at radius 1 is 1.42 bits per heavy atom. The Kier molecular flexibility index (Phi) is 1.73. The Bertz CT molecular complexity index is 360. The highest BCUT2D eigenvalue weighted by atomic mass is 32.1. The zero-order chi connectivity index (χ0) is 8.55. The van der Waals surface area contributed by atoms with Crippen LogP contribution in [0.15, 0.2) is 22.6 Å². The van der Waals surface area contributed by atoms with Gasteiger partial charge in [0.1, 0.15) is 5.00 Å². The van der Waals surface area contributed by atoms with Gasteiger partial charge in [-0.2, -0.15) is 5.10 Å². The van der Waals surface area contributed by atoms with Crippen LogP contribution in [0.5, 0.6) is 0 Å². The summed E-state index contributed by atoms with van der Waals surface area (Å²) in [7, 11) is 0. The summed E-state index contributed by atoms with van der Waals surface area (Å²) < 4.78 is 0. The topological polar surface area (TPSA) is 24.4 Å². The number of hydrazone groups is 1. The van der Waals surface area contributed by atoms with Crippen LogP contribution in [0.3, 0.4) is 0 Å². The lowest BCUT2D eigenvalue weighted by atomic mass is 10.1. The molecule has 0 aliphatic carbocycles. The van der Waals surface area contributed by atoms with Crippen LogP contribution < -0.4 is 5.43 Å². The van der Waals surface area contributed by atoms with Crippen molar-refractivity contribution in [1.82, 2.24) is 0 Å². The highest BCUT2D eigenvalue weighted by Gasteiger charge is 2.08. The van der Waals surface area contributed by atoms with E-state index in [4.69, 9.17) is 0 Å². The zero-order valence-corrected chi connectivity index (χ0v) is 7.90. The van der Waals surface area contributed by atoms with E-state index in [-0.39, 0.29) is 0 Å². The van der Waals surface area contributed by atoms with Crippen LogP contribution in [0.1, 0.15) is 19.4 Å². The van der Waals surface area contributed by atoms with Gasteiger partial charge in [0, 0.05) is 5.56 Å². The van der Waals surface area contributed by atoms with E-state index in [1.54, 1.807) is 11.3 Å². The number of hydrogen-bond acceptors (Lipinski definition) is 3. The van der Waals surface area contributed by atoms with Crippen LogP contribution in [0.2, 0.25) is 0 Å². The van der Waals surface area contributed by atoms with E-state index < -0.39 is 0 Å². The molecule has 2 nitrogen and oxygen atoms in total. The van der Waals surface area contributed by atoms with E-state index in [2.05, 4.69) is 35.0 Å². The Morgan fingerprint density at radius 2 is 2.25 bits per heavy atom. The van der Waals surface area contributed by atoms with Gasteiger partial charge < -0.3 is 0 Å². The molecular formula is C9H10N2S. The first-order chi connectivity index (χ1) is 5.77. The molecule has 3 heteroatoms. The Hall–Kier alpha value is -1.09. The maximum atomic E-state index is 4.19. The molecule has 62 valence electrons. The lowest BCUT2D eigenvalue weighted by Gasteiger charge is -1.97. The van der Waals surface area contributed by atoms with E-state index in [1.807, 2.05) is 6.92 Å². The van der Waals surface area contributed by atoms with E-state index in [0.717, 1.165) is 10.7 Å². The third-order valence-electron chi connectivity index (χ3n) is 1.85. The first-order valence-corrected chi connectivity index (χ1v) is 4.72. The van der Waals surface area contributed by atoms with Gasteiger partial charge in [0.2, 0.25) is 0 Å². The van der Waals surface area contributed by atoms with Crippen molar-refractivity contribution >= 4 is 27.6 Å². The fourth-order valence-corrected chi connectivity index (χ4v) is 2.06. The molecule has 2 rings (SSSR count). The molecule has 1 aromatic heterocycles. The number of anilines is 1. The maximum Gasteiger partial charge on any atom is 0.116 e. The average molecular weight is 178 g/mol. The number of thiophene rings is 1. The Labute approximate surface area is 75.6 Å². The molecule has 0 spiro atoms. The fraction of sp³-hybridized carbons (Fsp3) is 0.222.